The van der Waals surface area contributed by atoms with Crippen molar-refractivity contribution >= 4 is 33.7 Å². The fourth-order valence-electron chi connectivity index (χ4n) is 7.35. The predicted octanol–water partition coefficient (Wildman–Crippen LogP) is 12.6. The molecule has 7 aromatic rings. The van der Waals surface area contributed by atoms with Gasteiger partial charge in [0.2, 0.25) is 5.89 Å². The van der Waals surface area contributed by atoms with Gasteiger partial charge in [0.15, 0.2) is 5.58 Å². The Morgan fingerprint density at radius 3 is 2.50 bits per heavy atom. The van der Waals surface area contributed by atoms with E-state index < -0.39 is 0 Å². The lowest BCUT2D eigenvalue weighted by Crippen LogP contribution is -2.03. The van der Waals surface area contributed by atoms with Crippen LogP contribution in [0.15, 0.2) is 144 Å². The number of aromatic nitrogens is 2. The van der Waals surface area contributed by atoms with Crippen LogP contribution in [0, 0.1) is 0 Å². The van der Waals surface area contributed by atoms with Crippen molar-refractivity contribution in [1.29, 1.82) is 0 Å². The molecule has 0 saturated heterocycles. The normalized spacial score (nSPS) is 13.1. The minimum atomic E-state index is 0.664. The van der Waals surface area contributed by atoms with Crippen LogP contribution in [-0.4, -0.2) is 9.55 Å². The molecule has 0 atom stereocenters. The molecule has 8 rings (SSSR count). The highest BCUT2D eigenvalue weighted by Crippen LogP contribution is 2.35. The molecule has 0 saturated carbocycles. The van der Waals surface area contributed by atoms with Crippen LogP contribution in [-0.2, 0) is 19.3 Å². The molecule has 2 heterocycles. The first-order valence-corrected chi connectivity index (χ1v) is 18.0. The quantitative estimate of drug-likeness (QED) is 0.138. The van der Waals surface area contributed by atoms with E-state index >= 15 is 0 Å². The van der Waals surface area contributed by atoms with E-state index in [4.69, 9.17) is 9.40 Å². The van der Waals surface area contributed by atoms with Gasteiger partial charge in [-0.2, -0.15) is 0 Å². The van der Waals surface area contributed by atoms with Gasteiger partial charge in [0.25, 0.3) is 0 Å². The van der Waals surface area contributed by atoms with Crippen molar-refractivity contribution in [2.75, 3.05) is 0 Å². The number of para-hydroxylation sites is 1. The second-order valence-corrected chi connectivity index (χ2v) is 13.3. The molecule has 0 aliphatic heterocycles. The van der Waals surface area contributed by atoms with E-state index in [2.05, 4.69) is 164 Å². The highest BCUT2D eigenvalue weighted by Gasteiger charge is 2.18. The molecule has 0 spiro atoms. The Bertz CT molecular complexity index is 2380. The average molecular weight is 651 g/mol. The third-order valence-electron chi connectivity index (χ3n) is 9.95. The number of aryl methyl sites for hydroxylation is 1. The van der Waals surface area contributed by atoms with Gasteiger partial charge in [-0.05, 0) is 115 Å². The smallest absolute Gasteiger partial charge is 0.227 e. The van der Waals surface area contributed by atoms with Crippen molar-refractivity contribution in [2.24, 2.45) is 0 Å². The lowest BCUT2D eigenvalue weighted by molar-refractivity contribution is 0.620. The van der Waals surface area contributed by atoms with Gasteiger partial charge >= 0.3 is 0 Å². The van der Waals surface area contributed by atoms with E-state index in [1.165, 1.54) is 74.1 Å². The summed E-state index contributed by atoms with van der Waals surface area (Å²) in [6.07, 6.45) is 17.5. The fraction of sp³-hybridized carbons (Fsp3) is 0.170. The zero-order valence-corrected chi connectivity index (χ0v) is 28.9. The molecule has 0 fully saturated rings. The van der Waals surface area contributed by atoms with Crippen LogP contribution in [0.4, 0.5) is 0 Å². The molecule has 1 aliphatic carbocycles. The van der Waals surface area contributed by atoms with Gasteiger partial charge in [0.1, 0.15) is 5.52 Å². The van der Waals surface area contributed by atoms with E-state index in [1.54, 1.807) is 0 Å². The van der Waals surface area contributed by atoms with Crippen LogP contribution in [0.25, 0.3) is 61.9 Å². The van der Waals surface area contributed by atoms with Crippen molar-refractivity contribution in [2.45, 2.75) is 52.4 Å². The van der Waals surface area contributed by atoms with Gasteiger partial charge in [-0.25, -0.2) is 4.98 Å². The van der Waals surface area contributed by atoms with Crippen LogP contribution in [0.2, 0.25) is 0 Å². The summed E-state index contributed by atoms with van der Waals surface area (Å²) in [4.78, 5) is 4.85. The first-order chi connectivity index (χ1) is 24.7. The van der Waals surface area contributed by atoms with E-state index in [9.17, 15) is 0 Å². The Hall–Kier alpha value is -5.67. The lowest BCUT2D eigenvalue weighted by Gasteiger charge is -2.16. The molecular formula is C47H42N2O. The Morgan fingerprint density at radius 1 is 0.860 bits per heavy atom. The lowest BCUT2D eigenvalue weighted by atomic mass is 9.91. The van der Waals surface area contributed by atoms with Crippen LogP contribution >= 0.6 is 0 Å². The molecule has 246 valence electrons. The fourth-order valence-corrected chi connectivity index (χ4v) is 7.35. The average Bonchev–Trinajstić information content (AvgIpc) is 3.75. The third-order valence-corrected chi connectivity index (χ3v) is 9.95. The summed E-state index contributed by atoms with van der Waals surface area (Å²) < 4.78 is 8.63. The first kappa shape index (κ1) is 31.6. The summed E-state index contributed by atoms with van der Waals surface area (Å²) in [6, 6.07) is 41.7. The van der Waals surface area contributed by atoms with Gasteiger partial charge < -0.3 is 8.98 Å². The van der Waals surface area contributed by atoms with Gasteiger partial charge in [-0.3, -0.25) is 0 Å². The second kappa shape index (κ2) is 14.1. The minimum Gasteiger partial charge on any atom is -0.436 e. The number of unbranched alkanes of at least 4 members (excludes halogenated alkanes) is 1. The van der Waals surface area contributed by atoms with E-state index in [0.717, 1.165) is 42.3 Å². The SMILES string of the molecule is CC=CC=C(Cc1ccccc1-c1ccc(-c2nc3cc(CCCC)ccc3o2)cc1)c1ccc(-n2c3c(c4ccccc42)C=CCC3)cc1. The predicted molar refractivity (Wildman–Crippen MR) is 211 cm³/mol. The maximum atomic E-state index is 6.17. The van der Waals surface area contributed by atoms with E-state index in [1.807, 2.05) is 0 Å². The molecule has 1 aliphatic rings. The van der Waals surface area contributed by atoms with Crippen molar-refractivity contribution in [3.63, 3.8) is 0 Å². The molecule has 0 amide bonds. The summed E-state index contributed by atoms with van der Waals surface area (Å²) in [5.41, 5.74) is 15.5. The molecule has 50 heavy (non-hydrogen) atoms. The molecule has 3 heteroatoms. The zero-order valence-electron chi connectivity index (χ0n) is 28.9. The number of fused-ring (bicyclic) bond motifs is 4. The van der Waals surface area contributed by atoms with Gasteiger partial charge in [0, 0.05) is 27.9 Å². The second-order valence-electron chi connectivity index (χ2n) is 13.3. The molecule has 5 aromatic carbocycles. The number of rotatable bonds is 10. The summed E-state index contributed by atoms with van der Waals surface area (Å²) in [5.74, 6) is 0.664. The summed E-state index contributed by atoms with van der Waals surface area (Å²) in [6.45, 7) is 4.30. The van der Waals surface area contributed by atoms with Crippen molar-refractivity contribution in [3.8, 4) is 28.3 Å². The first-order valence-electron chi connectivity index (χ1n) is 18.0. The Labute approximate surface area is 294 Å². The molecule has 3 nitrogen and oxygen atoms in total. The Balaban J connectivity index is 1.07. The molecule has 2 aromatic heterocycles. The van der Waals surface area contributed by atoms with Gasteiger partial charge in [-0.1, -0.05) is 117 Å². The number of benzene rings is 5. The molecule has 0 bridgehead atoms. The standard InChI is InChI=1S/C47H42N2O/c1-3-5-13-33-21-30-46-43(31-33)48-47(50-46)36-24-22-35(23-25-36)40-16-8-7-15-38(40)32-37(14-6-4-2)34-26-28-39(29-27-34)49-44-19-11-9-17-41(44)42-18-10-12-20-45(42)49/h4,6-11,14-19,21-31H,3,5,12-13,20,32H2,1-2H3. The molecule has 0 radical (unpaired) electrons. The minimum absolute atomic E-state index is 0.664. The molecule has 0 N–H and O–H groups in total. The van der Waals surface area contributed by atoms with E-state index in [-0.39, 0.29) is 0 Å². The van der Waals surface area contributed by atoms with Crippen LogP contribution in [0.1, 0.15) is 61.1 Å². The number of oxazole rings is 1. The van der Waals surface area contributed by atoms with Crippen LogP contribution in [0.5, 0.6) is 0 Å². The summed E-state index contributed by atoms with van der Waals surface area (Å²) >= 11 is 0. The maximum absolute atomic E-state index is 6.17. The Kier molecular flexibility index (Phi) is 8.88. The van der Waals surface area contributed by atoms with Crippen LogP contribution < -0.4 is 0 Å². The van der Waals surface area contributed by atoms with Crippen molar-refractivity contribution < 1.29 is 4.42 Å². The highest BCUT2D eigenvalue weighted by molar-refractivity contribution is 5.93. The third kappa shape index (κ3) is 6.16. The van der Waals surface area contributed by atoms with Crippen molar-refractivity contribution in [1.82, 2.24) is 9.55 Å². The Morgan fingerprint density at radius 2 is 1.66 bits per heavy atom. The zero-order chi connectivity index (χ0) is 33.9. The van der Waals surface area contributed by atoms with Gasteiger partial charge in [-0.15, -0.1) is 0 Å². The number of nitrogens with zero attached hydrogens (tertiary/aromatic N) is 2. The maximum Gasteiger partial charge on any atom is 0.227 e. The van der Waals surface area contributed by atoms with E-state index in [0.29, 0.717) is 5.89 Å². The van der Waals surface area contributed by atoms with Gasteiger partial charge in [0.05, 0.1) is 5.52 Å². The highest BCUT2D eigenvalue weighted by atomic mass is 16.3. The number of hydrogen-bond donors (Lipinski definition) is 0. The van der Waals surface area contributed by atoms with Crippen molar-refractivity contribution in [3.05, 3.63) is 168 Å². The topological polar surface area (TPSA) is 31.0 Å². The number of hydrogen-bond acceptors (Lipinski definition) is 2. The van der Waals surface area contributed by atoms with Crippen LogP contribution in [0.3, 0.4) is 0 Å². The molecular weight excluding hydrogens is 609 g/mol. The summed E-state index contributed by atoms with van der Waals surface area (Å²) in [5, 5.41) is 1.33. The number of allylic oxidation sites excluding steroid dienone is 5. The largest absolute Gasteiger partial charge is 0.436 e. The molecule has 0 unspecified atom stereocenters. The monoisotopic (exact) mass is 650 g/mol. The summed E-state index contributed by atoms with van der Waals surface area (Å²) in [7, 11) is 0.